The van der Waals surface area contributed by atoms with E-state index in [9.17, 15) is 14.4 Å². The molecule has 3 amide bonds. The fourth-order valence-corrected chi connectivity index (χ4v) is 5.68. The van der Waals surface area contributed by atoms with Gasteiger partial charge >= 0.3 is 0 Å². The average molecular weight is 497 g/mol. The second-order valence-corrected chi connectivity index (χ2v) is 10.8. The Morgan fingerprint density at radius 3 is 2.57 bits per heavy atom. The summed E-state index contributed by atoms with van der Waals surface area (Å²) in [4.78, 5) is 41.2. The van der Waals surface area contributed by atoms with Gasteiger partial charge in [-0.3, -0.25) is 24.6 Å². The van der Waals surface area contributed by atoms with Crippen LogP contribution >= 0.6 is 0 Å². The van der Waals surface area contributed by atoms with Crippen LogP contribution in [-0.4, -0.2) is 91.3 Å². The first-order valence-corrected chi connectivity index (χ1v) is 13.0. The first-order valence-electron chi connectivity index (χ1n) is 13.0. The molecule has 0 saturated carbocycles. The lowest BCUT2D eigenvalue weighted by molar-refractivity contribution is -0.136. The molecule has 3 heterocycles. The fraction of sp³-hybridized carbons (Fsp3) is 0.400. The van der Waals surface area contributed by atoms with Gasteiger partial charge in [-0.15, -0.1) is 0 Å². The lowest BCUT2D eigenvalue weighted by Crippen LogP contribution is -2.52. The molecule has 0 aliphatic carbocycles. The van der Waals surface area contributed by atoms with Crippen LogP contribution in [0, 0.1) is 0 Å². The molecule has 1 N–H and O–H groups in total. The Hall–Kier alpha value is -2.97. The zero-order valence-electron chi connectivity index (χ0n) is 22.1. The van der Waals surface area contributed by atoms with Crippen molar-refractivity contribution in [2.45, 2.75) is 37.4 Å². The number of ether oxygens (including phenoxy) is 2. The lowest BCUT2D eigenvalue weighted by atomic mass is 9.57. The number of fused-ring (bicyclic) bond motifs is 1. The SMILES string of the molecule is Bc1cc(C(B)(B)Oc2cccc3c2CN(C2CCC(=O)NC2=O)C3=O)c(B)cc1CN1CCOCC1. The molecule has 0 spiro atoms. The van der Waals surface area contributed by atoms with Gasteiger partial charge in [0.15, 0.2) is 15.7 Å². The maximum absolute atomic E-state index is 13.2. The number of rotatable bonds is 6. The molecule has 1 atom stereocenters. The molecule has 3 aliphatic heterocycles. The molecular weight excluding hydrogens is 466 g/mol. The molecule has 3 aliphatic rings. The molecule has 37 heavy (non-hydrogen) atoms. The number of amides is 3. The third kappa shape index (κ3) is 5.09. The third-order valence-electron chi connectivity index (χ3n) is 7.73. The Labute approximate surface area is 221 Å². The van der Waals surface area contributed by atoms with E-state index >= 15 is 0 Å². The van der Waals surface area contributed by atoms with E-state index in [0.29, 0.717) is 17.7 Å². The van der Waals surface area contributed by atoms with Crippen molar-refractivity contribution in [1.29, 1.82) is 0 Å². The quantitative estimate of drug-likeness (QED) is 0.327. The molecule has 188 valence electrons. The van der Waals surface area contributed by atoms with E-state index in [1.54, 1.807) is 11.0 Å². The number of carbonyl (C=O) groups excluding carboxylic acids is 3. The number of nitrogens with one attached hydrogen (secondary N) is 1. The number of piperidine rings is 1. The van der Waals surface area contributed by atoms with Crippen molar-refractivity contribution < 1.29 is 23.9 Å². The van der Waals surface area contributed by atoms with Crippen LogP contribution < -0.4 is 21.0 Å². The lowest BCUT2D eigenvalue weighted by Gasteiger charge is -2.32. The second kappa shape index (κ2) is 10.1. The normalized spacial score (nSPS) is 20.6. The Morgan fingerprint density at radius 1 is 1.08 bits per heavy atom. The van der Waals surface area contributed by atoms with Crippen molar-refractivity contribution in [2.75, 3.05) is 26.3 Å². The standard InChI is InChI=1S/C25H31B4N3O5/c26-18-11-17(19(27)10-14(18)12-31-6-8-36-9-7-31)25(28,29)37-21-3-1-2-15-16(21)13-32(24(15)35)20-4-5-22(33)30-23(20)34/h1-3,10-11,20H,4-9,12-13,26-29H2,(H,30,33,34). The number of nitrogens with zero attached hydrogens (tertiary/aromatic N) is 2. The number of hydrogen-bond acceptors (Lipinski definition) is 6. The van der Waals surface area contributed by atoms with Crippen LogP contribution in [-0.2, 0) is 32.8 Å². The van der Waals surface area contributed by atoms with Gasteiger partial charge in [-0.05, 0) is 29.7 Å². The summed E-state index contributed by atoms with van der Waals surface area (Å²) in [6.45, 7) is 4.64. The van der Waals surface area contributed by atoms with E-state index in [1.807, 2.05) is 27.8 Å². The minimum atomic E-state index is -0.651. The largest absolute Gasteiger partial charge is 0.501 e. The monoisotopic (exact) mass is 497 g/mol. The molecular formula is C25H31B4N3O5. The van der Waals surface area contributed by atoms with Gasteiger partial charge in [0.2, 0.25) is 11.8 Å². The zero-order valence-corrected chi connectivity index (χ0v) is 22.1. The molecule has 1 unspecified atom stereocenters. The highest BCUT2D eigenvalue weighted by Crippen LogP contribution is 2.35. The maximum Gasteiger partial charge on any atom is 0.255 e. The van der Waals surface area contributed by atoms with Crippen molar-refractivity contribution >= 4 is 60.0 Å². The van der Waals surface area contributed by atoms with Gasteiger partial charge in [-0.25, -0.2) is 0 Å². The molecule has 12 heteroatoms. The summed E-state index contributed by atoms with van der Waals surface area (Å²) in [7, 11) is 8.35. The van der Waals surface area contributed by atoms with Crippen LogP contribution in [0.15, 0.2) is 30.3 Å². The van der Waals surface area contributed by atoms with Gasteiger partial charge in [-0.1, -0.05) is 29.1 Å². The second-order valence-electron chi connectivity index (χ2n) is 10.8. The van der Waals surface area contributed by atoms with Crippen molar-refractivity contribution in [1.82, 2.24) is 15.1 Å². The van der Waals surface area contributed by atoms with Gasteiger partial charge in [0.25, 0.3) is 5.91 Å². The molecule has 0 radical (unpaired) electrons. The highest BCUT2D eigenvalue weighted by Gasteiger charge is 2.40. The van der Waals surface area contributed by atoms with Gasteiger partial charge in [-0.2, -0.15) is 0 Å². The van der Waals surface area contributed by atoms with Crippen LogP contribution in [0.25, 0.3) is 0 Å². The smallest absolute Gasteiger partial charge is 0.255 e. The Morgan fingerprint density at radius 2 is 1.84 bits per heavy atom. The molecule has 8 nitrogen and oxygen atoms in total. The summed E-state index contributed by atoms with van der Waals surface area (Å²) < 4.78 is 12.1. The van der Waals surface area contributed by atoms with Crippen LogP contribution in [0.2, 0.25) is 0 Å². The van der Waals surface area contributed by atoms with Crippen molar-refractivity contribution in [2.24, 2.45) is 0 Å². The van der Waals surface area contributed by atoms with Gasteiger partial charge in [0, 0.05) is 37.2 Å². The molecule has 2 saturated heterocycles. The van der Waals surface area contributed by atoms with Crippen LogP contribution in [0.3, 0.4) is 0 Å². The molecule has 2 aromatic carbocycles. The summed E-state index contributed by atoms with van der Waals surface area (Å²) in [6, 6.07) is 9.31. The predicted molar refractivity (Wildman–Crippen MR) is 151 cm³/mol. The third-order valence-corrected chi connectivity index (χ3v) is 7.73. The Bertz CT molecular complexity index is 1270. The van der Waals surface area contributed by atoms with E-state index < -0.39 is 17.3 Å². The van der Waals surface area contributed by atoms with E-state index in [4.69, 9.17) is 9.47 Å². The molecule has 0 bridgehead atoms. The van der Waals surface area contributed by atoms with Crippen molar-refractivity contribution in [3.05, 3.63) is 52.6 Å². The summed E-state index contributed by atoms with van der Waals surface area (Å²) in [5, 5.41) is 1.71. The van der Waals surface area contributed by atoms with E-state index in [2.05, 4.69) is 38.0 Å². The number of morpholine rings is 1. The molecule has 2 aromatic rings. The van der Waals surface area contributed by atoms with Gasteiger partial charge in [0.05, 0.1) is 25.2 Å². The van der Waals surface area contributed by atoms with Crippen LogP contribution in [0.5, 0.6) is 5.75 Å². The molecule has 5 rings (SSSR count). The van der Waals surface area contributed by atoms with Crippen LogP contribution in [0.1, 0.15) is 39.9 Å². The summed E-state index contributed by atoms with van der Waals surface area (Å²) in [5.74, 6) is -0.270. The Kier molecular flexibility index (Phi) is 6.98. The summed E-state index contributed by atoms with van der Waals surface area (Å²) >= 11 is 0. The highest BCUT2D eigenvalue weighted by atomic mass is 16.5. The average Bonchev–Trinajstić information content (AvgIpc) is 3.19. The minimum absolute atomic E-state index is 0.202. The maximum atomic E-state index is 13.2. The first-order chi connectivity index (χ1) is 17.6. The predicted octanol–water partition coefficient (Wildman–Crippen LogP) is -3.75. The number of carbonyl (C=O) groups is 3. The minimum Gasteiger partial charge on any atom is -0.501 e. The molecule has 0 aromatic heterocycles. The number of imide groups is 1. The number of hydrogen-bond donors (Lipinski definition) is 1. The van der Waals surface area contributed by atoms with Gasteiger partial charge in [0.1, 0.15) is 27.5 Å². The number of benzene rings is 2. The van der Waals surface area contributed by atoms with Crippen molar-refractivity contribution in [3.63, 3.8) is 0 Å². The first kappa shape index (κ1) is 25.7. The highest BCUT2D eigenvalue weighted by molar-refractivity contribution is 6.44. The fourth-order valence-electron chi connectivity index (χ4n) is 5.68. The summed E-state index contributed by atoms with van der Waals surface area (Å²) in [6.07, 6.45) is 0.564. The topological polar surface area (TPSA) is 88.2 Å². The van der Waals surface area contributed by atoms with E-state index in [-0.39, 0.29) is 24.8 Å². The molecule has 2 fully saturated rings. The van der Waals surface area contributed by atoms with Crippen molar-refractivity contribution in [3.8, 4) is 5.75 Å². The van der Waals surface area contributed by atoms with E-state index in [1.165, 1.54) is 11.0 Å². The van der Waals surface area contributed by atoms with Crippen LogP contribution in [0.4, 0.5) is 0 Å². The van der Waals surface area contributed by atoms with E-state index in [0.717, 1.165) is 49.4 Å². The van der Waals surface area contributed by atoms with Gasteiger partial charge < -0.3 is 14.4 Å². The zero-order chi connectivity index (χ0) is 26.3. The summed E-state index contributed by atoms with van der Waals surface area (Å²) in [5.41, 5.74) is 6.12. The Balaban J connectivity index is 1.37.